The highest BCUT2D eigenvalue weighted by molar-refractivity contribution is 5.91. The molecular weight excluding hydrogens is 244 g/mol. The van der Waals surface area contributed by atoms with Crippen LogP contribution in [-0.2, 0) is 0 Å². The van der Waals surface area contributed by atoms with Crippen LogP contribution in [0.1, 0.15) is 16.1 Å². The fraction of sp³-hybridized carbons (Fsp3) is 0. The lowest BCUT2D eigenvalue weighted by Crippen LogP contribution is -2.12. The molecule has 1 aromatic heterocycles. The Labute approximate surface area is 109 Å². The van der Waals surface area contributed by atoms with Gasteiger partial charge in [-0.15, -0.1) is 0 Å². The van der Waals surface area contributed by atoms with Gasteiger partial charge in [0.25, 0.3) is 5.91 Å². The van der Waals surface area contributed by atoms with Crippen LogP contribution in [0.3, 0.4) is 0 Å². The molecule has 0 spiro atoms. The smallest absolute Gasteiger partial charge is 0.267 e. The summed E-state index contributed by atoms with van der Waals surface area (Å²) in [5, 5.41) is 8.73. The molecule has 19 heavy (non-hydrogen) atoms. The number of nitriles is 1. The van der Waals surface area contributed by atoms with Gasteiger partial charge in [0.05, 0.1) is 17.3 Å². The number of anilines is 1. The second kappa shape index (κ2) is 5.06. The highest BCUT2D eigenvalue weighted by Gasteiger charge is 2.07. The number of nitrogens with zero attached hydrogens (tertiary/aromatic N) is 2. The molecule has 0 unspecified atom stereocenters. The van der Waals surface area contributed by atoms with Crippen LogP contribution < -0.4 is 16.2 Å². The van der Waals surface area contributed by atoms with Crippen molar-refractivity contribution in [3.63, 3.8) is 0 Å². The first-order valence-corrected chi connectivity index (χ1v) is 5.33. The van der Waals surface area contributed by atoms with Crippen molar-refractivity contribution in [2.24, 2.45) is 5.73 Å². The Balaban J connectivity index is 2.29. The van der Waals surface area contributed by atoms with Gasteiger partial charge in [0, 0.05) is 12.3 Å². The van der Waals surface area contributed by atoms with E-state index in [-0.39, 0.29) is 5.69 Å². The Morgan fingerprint density at radius 1 is 1.32 bits per heavy atom. The zero-order chi connectivity index (χ0) is 13.8. The van der Waals surface area contributed by atoms with E-state index < -0.39 is 5.91 Å². The largest absolute Gasteiger partial charge is 0.455 e. The van der Waals surface area contributed by atoms with Crippen molar-refractivity contribution in [2.45, 2.75) is 0 Å². The maximum Gasteiger partial charge on any atom is 0.267 e. The first-order chi connectivity index (χ1) is 9.10. The molecular formula is C13H10N4O2. The van der Waals surface area contributed by atoms with Crippen molar-refractivity contribution in [3.05, 3.63) is 47.8 Å². The van der Waals surface area contributed by atoms with Crippen LogP contribution in [-0.4, -0.2) is 10.9 Å². The van der Waals surface area contributed by atoms with Gasteiger partial charge >= 0.3 is 0 Å². The van der Waals surface area contributed by atoms with Crippen LogP contribution in [0, 0.1) is 11.3 Å². The first-order valence-electron chi connectivity index (χ1n) is 5.33. The van der Waals surface area contributed by atoms with Crippen LogP contribution >= 0.6 is 0 Å². The molecule has 0 fully saturated rings. The number of rotatable bonds is 3. The Morgan fingerprint density at radius 3 is 2.74 bits per heavy atom. The maximum atomic E-state index is 11.0. The number of nitrogens with two attached hydrogens (primary N) is 2. The van der Waals surface area contributed by atoms with Gasteiger partial charge in [0.1, 0.15) is 17.2 Å². The fourth-order valence-electron chi connectivity index (χ4n) is 1.45. The van der Waals surface area contributed by atoms with Crippen LogP contribution in [0.2, 0.25) is 0 Å². The quantitative estimate of drug-likeness (QED) is 0.804. The molecule has 6 heteroatoms. The molecule has 94 valence electrons. The molecule has 0 saturated heterocycles. The van der Waals surface area contributed by atoms with E-state index in [2.05, 4.69) is 4.98 Å². The summed E-state index contributed by atoms with van der Waals surface area (Å²) in [5.41, 5.74) is 11.8. The molecule has 0 saturated carbocycles. The zero-order valence-corrected chi connectivity index (χ0v) is 9.83. The number of carbonyl (C=O) groups is 1. The number of hydrogen-bond acceptors (Lipinski definition) is 5. The molecule has 0 atom stereocenters. The van der Waals surface area contributed by atoms with E-state index in [4.69, 9.17) is 21.5 Å². The molecule has 0 aliphatic carbocycles. The minimum atomic E-state index is -0.641. The molecule has 0 aliphatic heterocycles. The second-order valence-corrected chi connectivity index (χ2v) is 3.71. The van der Waals surface area contributed by atoms with Gasteiger partial charge in [-0.1, -0.05) is 0 Å². The standard InChI is InChI=1S/C13H10N4O2/c14-7-8-1-2-12(10(15)5-8)19-9-3-4-17-11(6-9)13(16)18/h1-6H,15H2,(H2,16,18). The fourth-order valence-corrected chi connectivity index (χ4v) is 1.45. The number of carbonyl (C=O) groups excluding carboxylic acids is 1. The number of benzene rings is 1. The number of primary amides is 1. The van der Waals surface area contributed by atoms with Crippen molar-refractivity contribution in [1.29, 1.82) is 5.26 Å². The number of hydrogen-bond donors (Lipinski definition) is 2. The van der Waals surface area contributed by atoms with Gasteiger partial charge in [-0.3, -0.25) is 9.78 Å². The third-order valence-electron chi connectivity index (χ3n) is 2.35. The van der Waals surface area contributed by atoms with E-state index >= 15 is 0 Å². The van der Waals surface area contributed by atoms with Crippen LogP contribution in [0.5, 0.6) is 11.5 Å². The molecule has 2 rings (SSSR count). The molecule has 1 amide bonds. The summed E-state index contributed by atoms with van der Waals surface area (Å²) in [6.45, 7) is 0. The Hall–Kier alpha value is -3.07. The molecule has 2 aromatic rings. The molecule has 0 radical (unpaired) electrons. The average molecular weight is 254 g/mol. The number of ether oxygens (including phenoxy) is 1. The van der Waals surface area contributed by atoms with Gasteiger partial charge in [-0.25, -0.2) is 0 Å². The van der Waals surface area contributed by atoms with Crippen molar-refractivity contribution >= 4 is 11.6 Å². The SMILES string of the molecule is N#Cc1ccc(Oc2ccnc(C(N)=O)c2)c(N)c1. The van der Waals surface area contributed by atoms with Crippen molar-refractivity contribution in [1.82, 2.24) is 4.98 Å². The summed E-state index contributed by atoms with van der Waals surface area (Å²) in [7, 11) is 0. The summed E-state index contributed by atoms with van der Waals surface area (Å²) in [6, 6.07) is 9.64. The molecule has 0 aliphatic rings. The molecule has 1 heterocycles. The third-order valence-corrected chi connectivity index (χ3v) is 2.35. The molecule has 4 N–H and O–H groups in total. The van der Waals surface area contributed by atoms with E-state index in [1.54, 1.807) is 18.2 Å². The van der Waals surface area contributed by atoms with Gasteiger partial charge < -0.3 is 16.2 Å². The number of amides is 1. The van der Waals surface area contributed by atoms with Crippen molar-refractivity contribution in [2.75, 3.05) is 5.73 Å². The minimum absolute atomic E-state index is 0.102. The normalized spacial score (nSPS) is 9.63. The second-order valence-electron chi connectivity index (χ2n) is 3.71. The highest BCUT2D eigenvalue weighted by atomic mass is 16.5. The summed E-state index contributed by atoms with van der Waals surface area (Å²) in [5.74, 6) is 0.138. The van der Waals surface area contributed by atoms with E-state index in [0.717, 1.165) is 0 Å². The monoisotopic (exact) mass is 254 g/mol. The Bertz CT molecular complexity index is 677. The number of nitrogen functional groups attached to an aromatic ring is 1. The summed E-state index contributed by atoms with van der Waals surface area (Å²) in [4.78, 5) is 14.8. The first kappa shape index (κ1) is 12.4. The van der Waals surface area contributed by atoms with Crippen LogP contribution in [0.15, 0.2) is 36.5 Å². The van der Waals surface area contributed by atoms with Gasteiger partial charge in [0.15, 0.2) is 0 Å². The summed E-state index contributed by atoms with van der Waals surface area (Å²) < 4.78 is 5.52. The van der Waals surface area contributed by atoms with Crippen LogP contribution in [0.25, 0.3) is 0 Å². The predicted octanol–water partition coefficient (Wildman–Crippen LogP) is 1.43. The molecule has 6 nitrogen and oxygen atoms in total. The molecule has 1 aromatic carbocycles. The van der Waals surface area contributed by atoms with E-state index in [9.17, 15) is 4.79 Å². The van der Waals surface area contributed by atoms with Crippen LogP contribution in [0.4, 0.5) is 5.69 Å². The van der Waals surface area contributed by atoms with Crippen molar-refractivity contribution in [3.8, 4) is 17.6 Å². The summed E-state index contributed by atoms with van der Waals surface area (Å²) in [6.07, 6.45) is 1.41. The van der Waals surface area contributed by atoms with Crippen molar-refractivity contribution < 1.29 is 9.53 Å². The lowest BCUT2D eigenvalue weighted by atomic mass is 10.2. The number of pyridine rings is 1. The highest BCUT2D eigenvalue weighted by Crippen LogP contribution is 2.28. The minimum Gasteiger partial charge on any atom is -0.455 e. The zero-order valence-electron chi connectivity index (χ0n) is 9.83. The average Bonchev–Trinajstić information content (AvgIpc) is 2.41. The third kappa shape index (κ3) is 2.79. The molecule has 0 bridgehead atoms. The lowest BCUT2D eigenvalue weighted by Gasteiger charge is -2.08. The van der Waals surface area contributed by atoms with E-state index in [0.29, 0.717) is 22.7 Å². The van der Waals surface area contributed by atoms with Gasteiger partial charge in [0.2, 0.25) is 0 Å². The summed E-state index contributed by atoms with van der Waals surface area (Å²) >= 11 is 0. The van der Waals surface area contributed by atoms with E-state index in [1.807, 2.05) is 6.07 Å². The Morgan fingerprint density at radius 2 is 2.11 bits per heavy atom. The van der Waals surface area contributed by atoms with Gasteiger partial charge in [-0.2, -0.15) is 5.26 Å². The number of aromatic nitrogens is 1. The maximum absolute atomic E-state index is 11.0. The topological polar surface area (TPSA) is 115 Å². The predicted molar refractivity (Wildman–Crippen MR) is 68.4 cm³/mol. The van der Waals surface area contributed by atoms with Gasteiger partial charge in [-0.05, 0) is 24.3 Å². The lowest BCUT2D eigenvalue weighted by molar-refractivity contribution is 0.0995. The Kier molecular flexibility index (Phi) is 3.30. The van der Waals surface area contributed by atoms with E-state index in [1.165, 1.54) is 18.3 Å².